The van der Waals surface area contributed by atoms with Crippen molar-refractivity contribution in [2.45, 2.75) is 56.4 Å². The minimum absolute atomic E-state index is 0.0168. The maximum atomic E-state index is 13.2. The average molecular weight is 427 g/mol. The van der Waals surface area contributed by atoms with E-state index in [9.17, 15) is 13.2 Å². The second-order valence-electron chi connectivity index (χ2n) is 7.39. The summed E-state index contributed by atoms with van der Waals surface area (Å²) >= 11 is 3.46. The molecule has 5 nitrogen and oxygen atoms in total. The molecule has 0 N–H and O–H groups in total. The number of carbonyl (C=O) groups is 1. The fraction of sp³-hybridized carbons (Fsp3) is 0.611. The topological polar surface area (TPSA) is 57.7 Å². The smallest absolute Gasteiger partial charge is 0.244 e. The minimum Gasteiger partial charge on any atom is -0.312 e. The van der Waals surface area contributed by atoms with Crippen LogP contribution in [0.4, 0.5) is 5.69 Å². The van der Waals surface area contributed by atoms with Crippen LogP contribution in [0.2, 0.25) is 0 Å². The molecule has 0 unspecified atom stereocenters. The first-order valence-corrected chi connectivity index (χ1v) is 11.3. The Balaban J connectivity index is 1.73. The molecule has 1 amide bonds. The highest BCUT2D eigenvalue weighted by Gasteiger charge is 2.38. The van der Waals surface area contributed by atoms with Crippen molar-refractivity contribution < 1.29 is 13.2 Å². The zero-order chi connectivity index (χ0) is 17.8. The van der Waals surface area contributed by atoms with E-state index >= 15 is 0 Å². The van der Waals surface area contributed by atoms with E-state index in [0.717, 1.165) is 49.8 Å². The Morgan fingerprint density at radius 1 is 1.16 bits per heavy atom. The van der Waals surface area contributed by atoms with Crippen molar-refractivity contribution in [2.75, 3.05) is 18.0 Å². The molecule has 0 spiro atoms. The number of benzene rings is 1. The number of piperidine rings is 1. The molecule has 2 fully saturated rings. The SMILES string of the molecule is C[C@H]1CCCCN1S(=O)(=O)c1cc2c(cc1Br)CCN2C(=O)C1CC1. The predicted octanol–water partition coefficient (Wildman–Crippen LogP) is 3.31. The number of hydrogen-bond acceptors (Lipinski definition) is 3. The van der Waals surface area contributed by atoms with E-state index in [1.54, 1.807) is 15.3 Å². The zero-order valence-electron chi connectivity index (χ0n) is 14.4. The van der Waals surface area contributed by atoms with Crippen LogP contribution in [-0.2, 0) is 21.2 Å². The van der Waals surface area contributed by atoms with Crippen LogP contribution >= 0.6 is 15.9 Å². The third kappa shape index (κ3) is 3.04. The molecule has 3 aliphatic rings. The fourth-order valence-corrected chi connectivity index (χ4v) is 6.69. The van der Waals surface area contributed by atoms with E-state index in [-0.39, 0.29) is 22.8 Å². The molecular weight excluding hydrogens is 404 g/mol. The Labute approximate surface area is 157 Å². The number of carbonyl (C=O) groups excluding carboxylic acids is 1. The molecule has 1 aromatic rings. The van der Waals surface area contributed by atoms with E-state index in [2.05, 4.69) is 15.9 Å². The number of amides is 1. The van der Waals surface area contributed by atoms with E-state index < -0.39 is 10.0 Å². The summed E-state index contributed by atoms with van der Waals surface area (Å²) < 4.78 is 28.7. The molecule has 25 heavy (non-hydrogen) atoms. The third-order valence-electron chi connectivity index (χ3n) is 5.55. The number of fused-ring (bicyclic) bond motifs is 1. The lowest BCUT2D eigenvalue weighted by atomic mass is 10.1. The van der Waals surface area contributed by atoms with Crippen molar-refractivity contribution in [3.63, 3.8) is 0 Å². The summed E-state index contributed by atoms with van der Waals surface area (Å²) in [6, 6.07) is 3.61. The maximum absolute atomic E-state index is 13.2. The molecule has 7 heteroatoms. The number of sulfonamides is 1. The number of nitrogens with zero attached hydrogens (tertiary/aromatic N) is 2. The Morgan fingerprint density at radius 3 is 2.60 bits per heavy atom. The molecule has 136 valence electrons. The standard InChI is InChI=1S/C18H23BrN2O3S/c1-12-4-2-3-8-21(12)25(23,24)17-11-16-14(10-15(17)19)7-9-20(16)18(22)13-5-6-13/h10-13H,2-9H2,1H3/t12-/m0/s1. The van der Waals surface area contributed by atoms with Gasteiger partial charge in [-0.1, -0.05) is 6.42 Å². The van der Waals surface area contributed by atoms with Gasteiger partial charge in [0.2, 0.25) is 15.9 Å². The Kier molecular flexibility index (Phi) is 4.45. The quantitative estimate of drug-likeness (QED) is 0.744. The molecule has 1 atom stereocenters. The number of anilines is 1. The van der Waals surface area contributed by atoms with Crippen LogP contribution in [0.25, 0.3) is 0 Å². The van der Waals surface area contributed by atoms with Gasteiger partial charge >= 0.3 is 0 Å². The lowest BCUT2D eigenvalue weighted by Gasteiger charge is -2.32. The summed E-state index contributed by atoms with van der Waals surface area (Å²) in [4.78, 5) is 14.6. The average Bonchev–Trinajstić information content (AvgIpc) is 3.34. The van der Waals surface area contributed by atoms with Gasteiger partial charge in [0, 0.05) is 35.2 Å². The predicted molar refractivity (Wildman–Crippen MR) is 100 cm³/mol. The second-order valence-corrected chi connectivity index (χ2v) is 10.1. The van der Waals surface area contributed by atoms with Gasteiger partial charge in [-0.15, -0.1) is 0 Å². The van der Waals surface area contributed by atoms with Gasteiger partial charge in [0.1, 0.15) is 0 Å². The summed E-state index contributed by atoms with van der Waals surface area (Å²) in [6.45, 7) is 3.19. The van der Waals surface area contributed by atoms with Crippen LogP contribution in [0.1, 0.15) is 44.6 Å². The first-order chi connectivity index (χ1) is 11.9. The summed E-state index contributed by atoms with van der Waals surface area (Å²) in [5, 5.41) is 0. The van der Waals surface area contributed by atoms with E-state index in [0.29, 0.717) is 17.6 Å². The number of hydrogen-bond donors (Lipinski definition) is 0. The Bertz CT molecular complexity index is 820. The van der Waals surface area contributed by atoms with Crippen LogP contribution in [-0.4, -0.2) is 37.8 Å². The highest BCUT2D eigenvalue weighted by Crippen LogP contribution is 2.40. The lowest BCUT2D eigenvalue weighted by molar-refractivity contribution is -0.119. The first kappa shape index (κ1) is 17.5. The molecule has 4 rings (SSSR count). The van der Waals surface area contributed by atoms with E-state index in [1.807, 2.05) is 13.0 Å². The van der Waals surface area contributed by atoms with E-state index in [1.165, 1.54) is 0 Å². The largest absolute Gasteiger partial charge is 0.312 e. The van der Waals surface area contributed by atoms with Gasteiger partial charge in [-0.05, 0) is 72.7 Å². The third-order valence-corrected chi connectivity index (χ3v) is 8.52. The Morgan fingerprint density at radius 2 is 1.92 bits per heavy atom. The molecule has 0 bridgehead atoms. The maximum Gasteiger partial charge on any atom is 0.244 e. The fourth-order valence-electron chi connectivity index (χ4n) is 3.92. The number of halogens is 1. The highest BCUT2D eigenvalue weighted by atomic mass is 79.9. The van der Waals surface area contributed by atoms with Gasteiger partial charge in [-0.3, -0.25) is 4.79 Å². The summed E-state index contributed by atoms with van der Waals surface area (Å²) in [5.74, 6) is 0.285. The van der Waals surface area contributed by atoms with Gasteiger partial charge in [-0.2, -0.15) is 4.31 Å². The number of rotatable bonds is 3. The molecule has 1 aromatic carbocycles. The first-order valence-electron chi connectivity index (χ1n) is 9.05. The Hall–Kier alpha value is -0.920. The van der Waals surface area contributed by atoms with Crippen molar-refractivity contribution in [3.05, 3.63) is 22.2 Å². The molecule has 2 aliphatic heterocycles. The lowest BCUT2D eigenvalue weighted by Crippen LogP contribution is -2.42. The molecule has 1 aliphatic carbocycles. The van der Waals surface area contributed by atoms with Gasteiger partial charge in [0.25, 0.3) is 0 Å². The van der Waals surface area contributed by atoms with Crippen molar-refractivity contribution >= 4 is 37.5 Å². The summed E-state index contributed by atoms with van der Waals surface area (Å²) in [6.07, 6.45) is 5.57. The minimum atomic E-state index is -3.57. The normalized spacial score (nSPS) is 24.4. The van der Waals surface area contributed by atoms with Crippen LogP contribution in [0.5, 0.6) is 0 Å². The van der Waals surface area contributed by atoms with Gasteiger partial charge in [0.15, 0.2) is 0 Å². The van der Waals surface area contributed by atoms with Gasteiger partial charge in [0.05, 0.1) is 4.90 Å². The summed E-state index contributed by atoms with van der Waals surface area (Å²) in [7, 11) is -3.57. The molecule has 1 saturated heterocycles. The molecule has 1 saturated carbocycles. The zero-order valence-corrected chi connectivity index (χ0v) is 16.8. The summed E-state index contributed by atoms with van der Waals surface area (Å²) in [5.41, 5.74) is 1.83. The molecule has 0 aromatic heterocycles. The van der Waals surface area contributed by atoms with Crippen molar-refractivity contribution in [1.82, 2.24) is 4.31 Å². The van der Waals surface area contributed by atoms with Crippen molar-refractivity contribution in [1.29, 1.82) is 0 Å². The van der Waals surface area contributed by atoms with Crippen LogP contribution in [0, 0.1) is 5.92 Å². The molecule has 2 heterocycles. The molecular formula is C18H23BrN2O3S. The van der Waals surface area contributed by atoms with Gasteiger partial charge in [-0.25, -0.2) is 8.42 Å². The van der Waals surface area contributed by atoms with Gasteiger partial charge < -0.3 is 4.90 Å². The van der Waals surface area contributed by atoms with Crippen LogP contribution in [0.3, 0.4) is 0 Å². The highest BCUT2D eigenvalue weighted by molar-refractivity contribution is 9.10. The van der Waals surface area contributed by atoms with Crippen LogP contribution in [0.15, 0.2) is 21.5 Å². The molecule has 0 radical (unpaired) electrons. The van der Waals surface area contributed by atoms with Crippen LogP contribution < -0.4 is 4.90 Å². The van der Waals surface area contributed by atoms with Crippen molar-refractivity contribution in [3.8, 4) is 0 Å². The van der Waals surface area contributed by atoms with E-state index in [4.69, 9.17) is 0 Å². The second kappa shape index (κ2) is 6.35. The monoisotopic (exact) mass is 426 g/mol. The van der Waals surface area contributed by atoms with Crippen molar-refractivity contribution in [2.24, 2.45) is 5.92 Å².